The molecule has 0 unspecified atom stereocenters. The van der Waals surface area contributed by atoms with Crippen molar-refractivity contribution in [1.82, 2.24) is 0 Å². The van der Waals surface area contributed by atoms with Gasteiger partial charge in [0.15, 0.2) is 0 Å². The van der Waals surface area contributed by atoms with Crippen LogP contribution in [0.2, 0.25) is 0 Å². The molecule has 1 aliphatic carbocycles. The highest BCUT2D eigenvalue weighted by Gasteiger charge is 2.22. The zero-order valence-electron chi connectivity index (χ0n) is 9.07. The van der Waals surface area contributed by atoms with Crippen molar-refractivity contribution in [2.24, 2.45) is 0 Å². The number of hydrogen-bond donors (Lipinski definition) is 0. The highest BCUT2D eigenvalue weighted by atomic mass is 127. The van der Waals surface area contributed by atoms with Crippen LogP contribution in [-0.4, -0.2) is 0 Å². The SMILES string of the molecule is Ic1cccc2c1-c1cccc3cccc-2c13. The molecule has 0 atom stereocenters. The van der Waals surface area contributed by atoms with Gasteiger partial charge in [0, 0.05) is 9.13 Å². The van der Waals surface area contributed by atoms with Gasteiger partial charge in [0.1, 0.15) is 0 Å². The molecule has 0 aromatic heterocycles. The van der Waals surface area contributed by atoms with Gasteiger partial charge in [-0.2, -0.15) is 0 Å². The molecule has 0 bridgehead atoms. The lowest BCUT2D eigenvalue weighted by molar-refractivity contribution is 1.64. The molecule has 3 aromatic rings. The predicted octanol–water partition coefficient (Wildman–Crippen LogP) is 5.09. The summed E-state index contributed by atoms with van der Waals surface area (Å²) >= 11 is 2.43. The number of fused-ring (bicyclic) bond motifs is 3. The van der Waals surface area contributed by atoms with E-state index in [0.717, 1.165) is 0 Å². The normalized spacial score (nSPS) is 11.8. The van der Waals surface area contributed by atoms with E-state index in [1.807, 2.05) is 0 Å². The largest absolute Gasteiger partial charge is 0.0610 e. The lowest BCUT2D eigenvalue weighted by Gasteiger charge is -2.03. The summed E-state index contributed by atoms with van der Waals surface area (Å²) in [4.78, 5) is 0. The smallest absolute Gasteiger partial charge is 0.0215 e. The van der Waals surface area contributed by atoms with E-state index < -0.39 is 0 Å². The Balaban J connectivity index is 2.31. The summed E-state index contributed by atoms with van der Waals surface area (Å²) in [5.74, 6) is 0. The first-order chi connectivity index (χ1) is 8.36. The van der Waals surface area contributed by atoms with Gasteiger partial charge in [-0.1, -0.05) is 48.5 Å². The van der Waals surface area contributed by atoms with Crippen molar-refractivity contribution < 1.29 is 0 Å². The maximum absolute atomic E-state index is 2.43. The Morgan fingerprint density at radius 3 is 2.12 bits per heavy atom. The number of rotatable bonds is 0. The lowest BCUT2D eigenvalue weighted by atomic mass is 10.0. The standard InChI is InChI=1S/C16H9I/c17-14-9-3-7-12-11-6-1-4-10-5-2-8-13(15(10)11)16(12)14/h1-9H. The van der Waals surface area contributed by atoms with Crippen LogP contribution < -0.4 is 0 Å². The Morgan fingerprint density at radius 2 is 1.29 bits per heavy atom. The Morgan fingerprint density at radius 1 is 0.647 bits per heavy atom. The topological polar surface area (TPSA) is 0 Å². The van der Waals surface area contributed by atoms with Gasteiger partial charge in [-0.25, -0.2) is 0 Å². The minimum absolute atomic E-state index is 1.34. The Hall–Kier alpha value is -1.35. The summed E-state index contributed by atoms with van der Waals surface area (Å²) in [6.45, 7) is 0. The minimum atomic E-state index is 1.34. The number of hydrogen-bond acceptors (Lipinski definition) is 0. The molecule has 17 heavy (non-hydrogen) atoms. The average molecular weight is 328 g/mol. The van der Waals surface area contributed by atoms with Crippen molar-refractivity contribution >= 4 is 33.4 Å². The van der Waals surface area contributed by atoms with E-state index in [0.29, 0.717) is 0 Å². The molecular weight excluding hydrogens is 319 g/mol. The summed E-state index contributed by atoms with van der Waals surface area (Å²) < 4.78 is 1.34. The summed E-state index contributed by atoms with van der Waals surface area (Å²) in [5, 5.41) is 2.75. The second-order valence-electron chi connectivity index (χ2n) is 4.37. The molecule has 0 radical (unpaired) electrons. The monoisotopic (exact) mass is 328 g/mol. The van der Waals surface area contributed by atoms with Gasteiger partial charge in [-0.3, -0.25) is 0 Å². The zero-order chi connectivity index (χ0) is 11.4. The summed E-state index contributed by atoms with van der Waals surface area (Å²) in [6, 6.07) is 19.7. The molecule has 0 nitrogen and oxygen atoms in total. The molecule has 4 rings (SSSR count). The summed E-state index contributed by atoms with van der Waals surface area (Å²) in [6.07, 6.45) is 0. The van der Waals surface area contributed by atoms with Crippen LogP contribution in [0.5, 0.6) is 0 Å². The van der Waals surface area contributed by atoms with Crippen molar-refractivity contribution in [3.8, 4) is 22.3 Å². The van der Waals surface area contributed by atoms with Gasteiger partial charge in [0.05, 0.1) is 0 Å². The Bertz CT molecular complexity index is 751. The molecule has 80 valence electrons. The van der Waals surface area contributed by atoms with E-state index in [9.17, 15) is 0 Å². The number of benzene rings is 3. The quantitative estimate of drug-likeness (QED) is 0.394. The van der Waals surface area contributed by atoms with Gasteiger partial charge in [-0.15, -0.1) is 0 Å². The lowest BCUT2D eigenvalue weighted by Crippen LogP contribution is -1.80. The van der Waals surface area contributed by atoms with E-state index in [4.69, 9.17) is 0 Å². The van der Waals surface area contributed by atoms with Gasteiger partial charge >= 0.3 is 0 Å². The van der Waals surface area contributed by atoms with Gasteiger partial charge < -0.3 is 0 Å². The fraction of sp³-hybridized carbons (Fsp3) is 0. The van der Waals surface area contributed by atoms with Crippen molar-refractivity contribution in [2.75, 3.05) is 0 Å². The van der Waals surface area contributed by atoms with Crippen LogP contribution in [-0.2, 0) is 0 Å². The van der Waals surface area contributed by atoms with Crippen molar-refractivity contribution in [3.63, 3.8) is 0 Å². The zero-order valence-corrected chi connectivity index (χ0v) is 11.2. The predicted molar refractivity (Wildman–Crippen MR) is 81.1 cm³/mol. The van der Waals surface area contributed by atoms with Crippen molar-refractivity contribution in [2.45, 2.75) is 0 Å². The van der Waals surface area contributed by atoms with Crippen molar-refractivity contribution in [3.05, 3.63) is 58.2 Å². The van der Waals surface area contributed by atoms with E-state index in [1.54, 1.807) is 0 Å². The van der Waals surface area contributed by atoms with Crippen LogP contribution in [0.3, 0.4) is 0 Å². The molecule has 0 N–H and O–H groups in total. The van der Waals surface area contributed by atoms with Crippen LogP contribution in [0, 0.1) is 3.57 Å². The fourth-order valence-electron chi connectivity index (χ4n) is 2.80. The molecule has 1 aliphatic rings. The first kappa shape index (κ1) is 9.66. The molecule has 0 aliphatic heterocycles. The minimum Gasteiger partial charge on any atom is -0.0610 e. The van der Waals surface area contributed by atoms with Crippen molar-refractivity contribution in [1.29, 1.82) is 0 Å². The van der Waals surface area contributed by atoms with Crippen LogP contribution in [0.15, 0.2) is 54.6 Å². The van der Waals surface area contributed by atoms with Crippen LogP contribution in [0.25, 0.3) is 33.0 Å². The van der Waals surface area contributed by atoms with Gasteiger partial charge in [0.25, 0.3) is 0 Å². The van der Waals surface area contributed by atoms with E-state index >= 15 is 0 Å². The summed E-state index contributed by atoms with van der Waals surface area (Å²) in [5.41, 5.74) is 5.55. The molecule has 0 heterocycles. The average Bonchev–Trinajstić information content (AvgIpc) is 2.69. The number of halogens is 1. The maximum atomic E-state index is 2.43. The molecular formula is C16H9I. The third kappa shape index (κ3) is 1.18. The first-order valence-electron chi connectivity index (χ1n) is 5.67. The third-order valence-electron chi connectivity index (χ3n) is 3.48. The first-order valence-corrected chi connectivity index (χ1v) is 6.75. The molecule has 0 spiro atoms. The second-order valence-corrected chi connectivity index (χ2v) is 5.53. The highest BCUT2D eigenvalue weighted by molar-refractivity contribution is 14.1. The Kier molecular flexibility index (Phi) is 1.89. The molecule has 0 saturated heterocycles. The molecule has 1 heteroatoms. The van der Waals surface area contributed by atoms with Crippen LogP contribution >= 0.6 is 22.6 Å². The highest BCUT2D eigenvalue weighted by Crippen LogP contribution is 2.48. The Labute approximate surface area is 113 Å². The second kappa shape index (κ2) is 3.33. The molecule has 0 saturated carbocycles. The van der Waals surface area contributed by atoms with Crippen LogP contribution in [0.4, 0.5) is 0 Å². The van der Waals surface area contributed by atoms with E-state index in [-0.39, 0.29) is 0 Å². The van der Waals surface area contributed by atoms with Gasteiger partial charge in [0.2, 0.25) is 0 Å². The third-order valence-corrected chi connectivity index (χ3v) is 4.38. The molecule has 0 amide bonds. The van der Waals surface area contributed by atoms with E-state index in [1.165, 1.54) is 36.6 Å². The summed E-state index contributed by atoms with van der Waals surface area (Å²) in [7, 11) is 0. The maximum Gasteiger partial charge on any atom is 0.0215 e. The van der Waals surface area contributed by atoms with Crippen LogP contribution in [0.1, 0.15) is 0 Å². The van der Waals surface area contributed by atoms with E-state index in [2.05, 4.69) is 77.2 Å². The fourth-order valence-corrected chi connectivity index (χ4v) is 3.58. The molecule has 3 aromatic carbocycles. The van der Waals surface area contributed by atoms with Gasteiger partial charge in [-0.05, 0) is 56.1 Å². The molecule has 0 fully saturated rings.